The fourth-order valence-electron chi connectivity index (χ4n) is 2.78. The Bertz CT molecular complexity index is 656. The topological polar surface area (TPSA) is 49.0 Å². The Morgan fingerprint density at radius 1 is 1.00 bits per heavy atom. The summed E-state index contributed by atoms with van der Waals surface area (Å²) in [6.45, 7) is 2.63. The molecule has 134 valence electrons. The second kappa shape index (κ2) is 9.18. The van der Waals surface area contributed by atoms with E-state index in [9.17, 15) is 0 Å². The standard InChI is InChI=1S/C20H25NO4/c1-22-19-10-4-5-11-20(19)24-14-12-21-17-8-2-3-9-18(17)25-15-16-7-6-13-23-16/h2-5,8-11,16,21H,6-7,12-15H2,1H3. The summed E-state index contributed by atoms with van der Waals surface area (Å²) in [6.07, 6.45) is 2.40. The van der Waals surface area contributed by atoms with E-state index in [1.54, 1.807) is 7.11 Å². The first kappa shape index (κ1) is 17.4. The van der Waals surface area contributed by atoms with E-state index in [0.29, 0.717) is 19.8 Å². The zero-order valence-electron chi connectivity index (χ0n) is 14.6. The molecule has 1 aliphatic heterocycles. The molecule has 0 radical (unpaired) electrons. The van der Waals surface area contributed by atoms with Crippen LogP contribution in [0.3, 0.4) is 0 Å². The predicted molar refractivity (Wildman–Crippen MR) is 97.9 cm³/mol. The number of hydrogen-bond acceptors (Lipinski definition) is 5. The zero-order valence-corrected chi connectivity index (χ0v) is 14.6. The summed E-state index contributed by atoms with van der Waals surface area (Å²) >= 11 is 0. The van der Waals surface area contributed by atoms with Crippen molar-refractivity contribution in [3.63, 3.8) is 0 Å². The predicted octanol–water partition coefficient (Wildman–Crippen LogP) is 3.74. The largest absolute Gasteiger partial charge is 0.493 e. The van der Waals surface area contributed by atoms with Crippen LogP contribution in [0, 0.1) is 0 Å². The Balaban J connectivity index is 1.47. The fourth-order valence-corrected chi connectivity index (χ4v) is 2.78. The Kier molecular flexibility index (Phi) is 6.40. The molecule has 1 aliphatic rings. The molecule has 0 aromatic heterocycles. The average Bonchev–Trinajstić information content (AvgIpc) is 3.18. The van der Waals surface area contributed by atoms with Crippen LogP contribution in [-0.4, -0.2) is 39.6 Å². The maximum absolute atomic E-state index is 5.92. The number of hydrogen-bond donors (Lipinski definition) is 1. The molecule has 0 saturated carbocycles. The lowest BCUT2D eigenvalue weighted by atomic mass is 10.2. The first-order chi connectivity index (χ1) is 12.4. The molecule has 0 aliphatic carbocycles. The minimum Gasteiger partial charge on any atom is -0.493 e. The van der Waals surface area contributed by atoms with Crippen LogP contribution in [0.4, 0.5) is 5.69 Å². The number of anilines is 1. The maximum Gasteiger partial charge on any atom is 0.161 e. The van der Waals surface area contributed by atoms with Gasteiger partial charge in [0, 0.05) is 13.2 Å². The molecule has 1 N–H and O–H groups in total. The van der Waals surface area contributed by atoms with E-state index in [-0.39, 0.29) is 6.10 Å². The molecule has 0 bridgehead atoms. The highest BCUT2D eigenvalue weighted by molar-refractivity contribution is 5.56. The molecule has 5 heteroatoms. The molecular weight excluding hydrogens is 318 g/mol. The number of nitrogens with one attached hydrogen (secondary N) is 1. The molecule has 3 rings (SSSR count). The third-order valence-corrected chi connectivity index (χ3v) is 4.08. The highest BCUT2D eigenvalue weighted by Gasteiger charge is 2.16. The van der Waals surface area contributed by atoms with Crippen LogP contribution in [-0.2, 0) is 4.74 Å². The summed E-state index contributed by atoms with van der Waals surface area (Å²) in [5.41, 5.74) is 0.962. The van der Waals surface area contributed by atoms with Crippen LogP contribution in [0.5, 0.6) is 17.2 Å². The normalized spacial score (nSPS) is 16.4. The van der Waals surface area contributed by atoms with Gasteiger partial charge in [-0.25, -0.2) is 0 Å². The maximum atomic E-state index is 5.92. The first-order valence-corrected chi connectivity index (χ1v) is 8.70. The van der Waals surface area contributed by atoms with Crippen molar-refractivity contribution in [2.75, 3.05) is 38.8 Å². The fraction of sp³-hybridized carbons (Fsp3) is 0.400. The summed E-state index contributed by atoms with van der Waals surface area (Å²) < 4.78 is 22.6. The van der Waals surface area contributed by atoms with E-state index in [2.05, 4.69) is 5.32 Å². The number of ether oxygens (including phenoxy) is 4. The molecule has 1 atom stereocenters. The smallest absolute Gasteiger partial charge is 0.161 e. The van der Waals surface area contributed by atoms with Gasteiger partial charge in [0.2, 0.25) is 0 Å². The SMILES string of the molecule is COc1ccccc1OCCNc1ccccc1OCC1CCCO1. The van der Waals surface area contributed by atoms with Crippen molar-refractivity contribution in [1.82, 2.24) is 0 Å². The molecule has 0 spiro atoms. The van der Waals surface area contributed by atoms with Crippen molar-refractivity contribution in [1.29, 1.82) is 0 Å². The molecule has 5 nitrogen and oxygen atoms in total. The lowest BCUT2D eigenvalue weighted by Crippen LogP contribution is -2.17. The third kappa shape index (κ3) is 5.03. The Morgan fingerprint density at radius 3 is 2.52 bits per heavy atom. The van der Waals surface area contributed by atoms with Gasteiger partial charge in [0.25, 0.3) is 0 Å². The summed E-state index contributed by atoms with van der Waals surface area (Å²) in [4.78, 5) is 0. The van der Waals surface area contributed by atoms with Gasteiger partial charge in [-0.05, 0) is 37.1 Å². The van der Waals surface area contributed by atoms with Crippen LogP contribution in [0.1, 0.15) is 12.8 Å². The molecule has 1 saturated heterocycles. The van der Waals surface area contributed by atoms with E-state index in [1.807, 2.05) is 48.5 Å². The summed E-state index contributed by atoms with van der Waals surface area (Å²) in [6, 6.07) is 15.6. The van der Waals surface area contributed by atoms with Gasteiger partial charge in [-0.2, -0.15) is 0 Å². The molecule has 2 aromatic rings. The Morgan fingerprint density at radius 2 is 1.76 bits per heavy atom. The number of methoxy groups -OCH3 is 1. The van der Waals surface area contributed by atoms with Crippen LogP contribution >= 0.6 is 0 Å². The van der Waals surface area contributed by atoms with E-state index in [4.69, 9.17) is 18.9 Å². The van der Waals surface area contributed by atoms with Crippen LogP contribution in [0.25, 0.3) is 0 Å². The molecule has 25 heavy (non-hydrogen) atoms. The van der Waals surface area contributed by atoms with Gasteiger partial charge in [0.1, 0.15) is 19.0 Å². The molecule has 2 aromatic carbocycles. The Hall–Kier alpha value is -2.40. The van der Waals surface area contributed by atoms with Gasteiger partial charge in [-0.1, -0.05) is 24.3 Å². The van der Waals surface area contributed by atoms with Crippen molar-refractivity contribution in [3.8, 4) is 17.2 Å². The van der Waals surface area contributed by atoms with Gasteiger partial charge < -0.3 is 24.3 Å². The third-order valence-electron chi connectivity index (χ3n) is 4.08. The van der Waals surface area contributed by atoms with Crippen molar-refractivity contribution in [2.24, 2.45) is 0 Å². The minimum atomic E-state index is 0.210. The van der Waals surface area contributed by atoms with Crippen molar-refractivity contribution >= 4 is 5.69 Å². The van der Waals surface area contributed by atoms with Gasteiger partial charge in [-0.15, -0.1) is 0 Å². The summed E-state index contributed by atoms with van der Waals surface area (Å²) in [7, 11) is 1.64. The van der Waals surface area contributed by atoms with Crippen LogP contribution in [0.2, 0.25) is 0 Å². The molecule has 1 unspecified atom stereocenters. The van der Waals surface area contributed by atoms with Crippen LogP contribution < -0.4 is 19.5 Å². The van der Waals surface area contributed by atoms with E-state index in [0.717, 1.165) is 42.4 Å². The highest BCUT2D eigenvalue weighted by atomic mass is 16.5. The van der Waals surface area contributed by atoms with Crippen molar-refractivity contribution < 1.29 is 18.9 Å². The monoisotopic (exact) mass is 343 g/mol. The zero-order chi connectivity index (χ0) is 17.3. The first-order valence-electron chi connectivity index (χ1n) is 8.70. The van der Waals surface area contributed by atoms with E-state index >= 15 is 0 Å². The van der Waals surface area contributed by atoms with Gasteiger partial charge in [0.05, 0.1) is 18.9 Å². The van der Waals surface area contributed by atoms with Crippen molar-refractivity contribution in [3.05, 3.63) is 48.5 Å². The lowest BCUT2D eigenvalue weighted by molar-refractivity contribution is 0.0682. The summed E-state index contributed by atoms with van der Waals surface area (Å²) in [5, 5.41) is 3.36. The summed E-state index contributed by atoms with van der Waals surface area (Å²) in [5.74, 6) is 2.33. The van der Waals surface area contributed by atoms with Crippen molar-refractivity contribution in [2.45, 2.75) is 18.9 Å². The number of benzene rings is 2. The molecule has 1 fully saturated rings. The van der Waals surface area contributed by atoms with Gasteiger partial charge in [0.15, 0.2) is 11.5 Å². The quantitative estimate of drug-likeness (QED) is 0.703. The minimum absolute atomic E-state index is 0.210. The Labute approximate surface area is 148 Å². The van der Waals surface area contributed by atoms with Crippen LogP contribution in [0.15, 0.2) is 48.5 Å². The second-order valence-electron chi connectivity index (χ2n) is 5.87. The van der Waals surface area contributed by atoms with E-state index < -0.39 is 0 Å². The van der Waals surface area contributed by atoms with Gasteiger partial charge in [-0.3, -0.25) is 0 Å². The number of para-hydroxylation sites is 4. The molecular formula is C20H25NO4. The highest BCUT2D eigenvalue weighted by Crippen LogP contribution is 2.27. The second-order valence-corrected chi connectivity index (χ2v) is 5.87. The van der Waals surface area contributed by atoms with Gasteiger partial charge >= 0.3 is 0 Å². The molecule has 1 heterocycles. The number of rotatable bonds is 9. The average molecular weight is 343 g/mol. The lowest BCUT2D eigenvalue weighted by Gasteiger charge is -2.16. The molecule has 0 amide bonds. The van der Waals surface area contributed by atoms with E-state index in [1.165, 1.54) is 0 Å².